The number of likely N-dealkylation sites (N-methyl/N-ethyl adjacent to an activating group) is 1. The third-order valence-electron chi connectivity index (χ3n) is 3.79. The van der Waals surface area contributed by atoms with E-state index in [1.807, 2.05) is 11.9 Å². The number of hydrogen-bond acceptors (Lipinski definition) is 3. The molecule has 3 unspecified atom stereocenters. The van der Waals surface area contributed by atoms with Crippen LogP contribution in [0.2, 0.25) is 0 Å². The number of nitrogens with one attached hydrogen (secondary N) is 1. The number of amides is 1. The predicted molar refractivity (Wildman–Crippen MR) is 83.8 cm³/mol. The highest BCUT2D eigenvalue weighted by molar-refractivity contribution is 5.85. The van der Waals surface area contributed by atoms with Crippen molar-refractivity contribution < 1.29 is 13.6 Å². The highest BCUT2D eigenvalue weighted by atomic mass is 35.5. The SMILES string of the molecule is CC(N)CC(=O)NC1CCN(C)C1c1ccc(F)c(F)c1.Cl. The summed E-state index contributed by atoms with van der Waals surface area (Å²) in [6, 6.07) is 3.41. The molecule has 1 amide bonds. The van der Waals surface area contributed by atoms with E-state index in [0.717, 1.165) is 19.0 Å². The molecule has 0 saturated carbocycles. The monoisotopic (exact) mass is 333 g/mol. The fraction of sp³-hybridized carbons (Fsp3) is 0.533. The molecule has 7 heteroatoms. The van der Waals surface area contributed by atoms with Gasteiger partial charge in [-0.1, -0.05) is 6.07 Å². The highest BCUT2D eigenvalue weighted by Crippen LogP contribution is 2.31. The lowest BCUT2D eigenvalue weighted by molar-refractivity contribution is -0.122. The van der Waals surface area contributed by atoms with Gasteiger partial charge in [0.25, 0.3) is 0 Å². The minimum Gasteiger partial charge on any atom is -0.351 e. The molecular weight excluding hydrogens is 312 g/mol. The van der Waals surface area contributed by atoms with E-state index in [2.05, 4.69) is 5.32 Å². The van der Waals surface area contributed by atoms with Crippen molar-refractivity contribution in [2.75, 3.05) is 13.6 Å². The second kappa shape index (κ2) is 7.85. The van der Waals surface area contributed by atoms with Crippen molar-refractivity contribution >= 4 is 18.3 Å². The molecule has 1 aromatic carbocycles. The number of halogens is 3. The standard InChI is InChI=1S/C15H21F2N3O.ClH/c1-9(18)7-14(21)19-13-5-6-20(2)15(13)10-3-4-11(16)12(17)8-10;/h3-4,8-9,13,15H,5-7,18H2,1-2H3,(H,19,21);1H. The Morgan fingerprint density at radius 2 is 2.14 bits per heavy atom. The molecule has 0 radical (unpaired) electrons. The fourth-order valence-corrected chi connectivity index (χ4v) is 2.84. The fourth-order valence-electron chi connectivity index (χ4n) is 2.84. The summed E-state index contributed by atoms with van der Waals surface area (Å²) in [4.78, 5) is 13.9. The molecule has 2 rings (SSSR count). The lowest BCUT2D eigenvalue weighted by Crippen LogP contribution is -2.40. The lowest BCUT2D eigenvalue weighted by Gasteiger charge is -2.26. The molecule has 22 heavy (non-hydrogen) atoms. The Kier molecular flexibility index (Phi) is 6.71. The quantitative estimate of drug-likeness (QED) is 0.886. The highest BCUT2D eigenvalue weighted by Gasteiger charge is 2.34. The van der Waals surface area contributed by atoms with E-state index in [1.165, 1.54) is 6.07 Å². The van der Waals surface area contributed by atoms with Crippen molar-refractivity contribution in [3.63, 3.8) is 0 Å². The summed E-state index contributed by atoms with van der Waals surface area (Å²) in [6.07, 6.45) is 1.02. The summed E-state index contributed by atoms with van der Waals surface area (Å²) in [6.45, 7) is 2.56. The third-order valence-corrected chi connectivity index (χ3v) is 3.79. The maximum atomic E-state index is 13.4. The average molecular weight is 334 g/mol. The summed E-state index contributed by atoms with van der Waals surface area (Å²) in [5, 5.41) is 2.95. The second-order valence-corrected chi connectivity index (χ2v) is 5.74. The molecule has 4 nitrogen and oxygen atoms in total. The Bertz CT molecular complexity index is 528. The van der Waals surface area contributed by atoms with Gasteiger partial charge in [-0.3, -0.25) is 9.69 Å². The Labute approximate surface area is 135 Å². The first-order chi connectivity index (χ1) is 9.88. The second-order valence-electron chi connectivity index (χ2n) is 5.74. The summed E-state index contributed by atoms with van der Waals surface area (Å²) in [5.41, 5.74) is 6.28. The van der Waals surface area contributed by atoms with E-state index in [1.54, 1.807) is 13.0 Å². The van der Waals surface area contributed by atoms with Crippen LogP contribution in [0.1, 0.15) is 31.4 Å². The van der Waals surface area contributed by atoms with E-state index in [0.29, 0.717) is 5.56 Å². The predicted octanol–water partition coefficient (Wildman–Crippen LogP) is 1.99. The van der Waals surface area contributed by atoms with Gasteiger partial charge >= 0.3 is 0 Å². The van der Waals surface area contributed by atoms with E-state index < -0.39 is 11.6 Å². The molecule has 0 spiro atoms. The lowest BCUT2D eigenvalue weighted by atomic mass is 9.99. The summed E-state index contributed by atoms with van der Waals surface area (Å²) >= 11 is 0. The Morgan fingerprint density at radius 3 is 2.73 bits per heavy atom. The van der Waals surface area contributed by atoms with Crippen molar-refractivity contribution in [3.05, 3.63) is 35.4 Å². The number of nitrogens with two attached hydrogens (primary N) is 1. The first-order valence-electron chi connectivity index (χ1n) is 7.08. The van der Waals surface area contributed by atoms with Gasteiger partial charge in [-0.25, -0.2) is 8.78 Å². The minimum absolute atomic E-state index is 0. The first kappa shape index (κ1) is 18.8. The molecular formula is C15H22ClF2N3O. The Balaban J connectivity index is 0.00000242. The van der Waals surface area contributed by atoms with Gasteiger partial charge in [-0.15, -0.1) is 12.4 Å². The van der Waals surface area contributed by atoms with Crippen molar-refractivity contribution in [1.29, 1.82) is 0 Å². The molecule has 1 aromatic rings. The normalized spacial score (nSPS) is 23.0. The zero-order valence-electron chi connectivity index (χ0n) is 12.7. The third kappa shape index (κ3) is 4.38. The van der Waals surface area contributed by atoms with Crippen LogP contribution in [-0.2, 0) is 4.79 Å². The zero-order chi connectivity index (χ0) is 15.6. The number of likely N-dealkylation sites (tertiary alicyclic amines) is 1. The molecule has 1 heterocycles. The van der Waals surface area contributed by atoms with Gasteiger partial charge in [0.15, 0.2) is 11.6 Å². The average Bonchev–Trinajstić information content (AvgIpc) is 2.73. The number of carbonyl (C=O) groups excluding carboxylic acids is 1. The number of rotatable bonds is 4. The summed E-state index contributed by atoms with van der Waals surface area (Å²) in [5.74, 6) is -1.84. The van der Waals surface area contributed by atoms with Crippen LogP contribution in [-0.4, -0.2) is 36.5 Å². The smallest absolute Gasteiger partial charge is 0.221 e. The number of nitrogens with zero attached hydrogens (tertiary/aromatic N) is 1. The molecule has 1 aliphatic rings. The molecule has 0 aromatic heterocycles. The minimum atomic E-state index is -0.867. The van der Waals surface area contributed by atoms with Crippen LogP contribution in [0.15, 0.2) is 18.2 Å². The van der Waals surface area contributed by atoms with Gasteiger partial charge in [-0.05, 0) is 38.1 Å². The van der Waals surface area contributed by atoms with E-state index in [4.69, 9.17) is 5.73 Å². The van der Waals surface area contributed by atoms with Crippen LogP contribution in [0.4, 0.5) is 8.78 Å². The van der Waals surface area contributed by atoms with E-state index in [9.17, 15) is 13.6 Å². The molecule has 0 bridgehead atoms. The number of carbonyl (C=O) groups is 1. The molecule has 0 aliphatic carbocycles. The van der Waals surface area contributed by atoms with Crippen LogP contribution in [0.25, 0.3) is 0 Å². The van der Waals surface area contributed by atoms with Crippen LogP contribution in [0.3, 0.4) is 0 Å². The summed E-state index contributed by atoms with van der Waals surface area (Å²) in [7, 11) is 1.91. The maximum Gasteiger partial charge on any atom is 0.221 e. The zero-order valence-corrected chi connectivity index (χ0v) is 13.5. The van der Waals surface area contributed by atoms with Crippen molar-refractivity contribution in [2.45, 2.75) is 37.9 Å². The van der Waals surface area contributed by atoms with Gasteiger partial charge in [0.2, 0.25) is 5.91 Å². The van der Waals surface area contributed by atoms with E-state index >= 15 is 0 Å². The molecule has 1 saturated heterocycles. The van der Waals surface area contributed by atoms with Crippen molar-refractivity contribution in [1.82, 2.24) is 10.2 Å². The van der Waals surface area contributed by atoms with Crippen molar-refractivity contribution in [3.8, 4) is 0 Å². The van der Waals surface area contributed by atoms with Crippen LogP contribution in [0.5, 0.6) is 0 Å². The van der Waals surface area contributed by atoms with Crippen LogP contribution < -0.4 is 11.1 Å². The first-order valence-corrected chi connectivity index (χ1v) is 7.08. The molecule has 3 N–H and O–H groups in total. The maximum absolute atomic E-state index is 13.4. The Morgan fingerprint density at radius 1 is 1.45 bits per heavy atom. The van der Waals surface area contributed by atoms with Gasteiger partial charge in [0, 0.05) is 25.0 Å². The van der Waals surface area contributed by atoms with Crippen LogP contribution in [0, 0.1) is 11.6 Å². The molecule has 1 aliphatic heterocycles. The summed E-state index contributed by atoms with van der Waals surface area (Å²) < 4.78 is 26.5. The van der Waals surface area contributed by atoms with E-state index in [-0.39, 0.29) is 42.9 Å². The molecule has 1 fully saturated rings. The molecule has 124 valence electrons. The van der Waals surface area contributed by atoms with Gasteiger partial charge in [0.1, 0.15) is 0 Å². The molecule has 3 atom stereocenters. The van der Waals surface area contributed by atoms with Crippen molar-refractivity contribution in [2.24, 2.45) is 5.73 Å². The topological polar surface area (TPSA) is 58.4 Å². The van der Waals surface area contributed by atoms with Gasteiger partial charge < -0.3 is 11.1 Å². The van der Waals surface area contributed by atoms with Gasteiger partial charge in [0.05, 0.1) is 6.04 Å². The van der Waals surface area contributed by atoms with Crippen LogP contribution >= 0.6 is 12.4 Å². The Hall–Kier alpha value is -1.24. The number of hydrogen-bond donors (Lipinski definition) is 2. The number of benzene rings is 1. The van der Waals surface area contributed by atoms with Gasteiger partial charge in [-0.2, -0.15) is 0 Å². The largest absolute Gasteiger partial charge is 0.351 e.